The number of amides is 1. The van der Waals surface area contributed by atoms with Gasteiger partial charge in [-0.25, -0.2) is 9.59 Å². The van der Waals surface area contributed by atoms with Crippen LogP contribution < -0.4 is 10.1 Å². The van der Waals surface area contributed by atoms with Gasteiger partial charge in [-0.1, -0.05) is 0 Å². The predicted molar refractivity (Wildman–Crippen MR) is 104 cm³/mol. The van der Waals surface area contributed by atoms with Crippen LogP contribution in [0.4, 0.5) is 18.0 Å². The highest BCUT2D eigenvalue weighted by molar-refractivity contribution is 6.01. The molecule has 8 nitrogen and oxygen atoms in total. The van der Waals surface area contributed by atoms with Gasteiger partial charge in [-0.3, -0.25) is 0 Å². The highest BCUT2D eigenvalue weighted by Crippen LogP contribution is 2.37. The molecule has 2 rings (SSSR count). The van der Waals surface area contributed by atoms with Crippen LogP contribution in [0.1, 0.15) is 42.4 Å². The Morgan fingerprint density at radius 2 is 1.87 bits per heavy atom. The molecular weight excluding hydrogens is 419 g/mol. The second-order valence-electron chi connectivity index (χ2n) is 7.58. The van der Waals surface area contributed by atoms with Crippen molar-refractivity contribution >= 4 is 23.0 Å². The number of hydrogen-bond acceptors (Lipinski definition) is 6. The number of alkyl carbamates (subject to hydrolysis) is 1. The van der Waals surface area contributed by atoms with E-state index in [9.17, 15) is 28.0 Å². The lowest BCUT2D eigenvalue weighted by Gasteiger charge is -2.20. The van der Waals surface area contributed by atoms with E-state index in [-0.39, 0.29) is 35.2 Å². The molecule has 1 N–H and O–H groups in total. The minimum Gasteiger partial charge on any atom is -0.464 e. The minimum absolute atomic E-state index is 0.0226. The third-order valence-corrected chi connectivity index (χ3v) is 4.11. The Balaban J connectivity index is 2.57. The van der Waals surface area contributed by atoms with Crippen LogP contribution >= 0.6 is 0 Å². The highest BCUT2D eigenvalue weighted by atomic mass is 19.4. The molecule has 0 aliphatic heterocycles. The van der Waals surface area contributed by atoms with E-state index in [4.69, 9.17) is 9.47 Å². The number of esters is 1. The van der Waals surface area contributed by atoms with Crippen LogP contribution in [-0.2, 0) is 16.0 Å². The minimum atomic E-state index is -5.02. The maximum atomic E-state index is 13.0. The Bertz CT molecular complexity index is 1050. The first kappa shape index (κ1) is 23.9. The smallest absolute Gasteiger partial charge is 0.464 e. The summed E-state index contributed by atoms with van der Waals surface area (Å²) >= 11 is 0. The first-order valence-electron chi connectivity index (χ1n) is 9.15. The van der Waals surface area contributed by atoms with E-state index in [0.717, 1.165) is 13.2 Å². The average Bonchev–Trinajstić information content (AvgIpc) is 2.90. The standard InChI is InChI=1S/C20H22F3N3O5/c1-11-13-8-12(10-24)9-14(30-20(21,22)23)16(13)26(15(11)17(27)29-5)7-6-25-18(28)31-19(2,3)4/h8-9H,6-7H2,1-5H3,(H,25,28). The summed E-state index contributed by atoms with van der Waals surface area (Å²) in [5.74, 6) is -1.43. The second-order valence-corrected chi connectivity index (χ2v) is 7.58. The molecular formula is C20H22F3N3O5. The fourth-order valence-corrected chi connectivity index (χ4v) is 3.05. The summed E-state index contributed by atoms with van der Waals surface area (Å²) in [4.78, 5) is 24.3. The van der Waals surface area contributed by atoms with Crippen molar-refractivity contribution in [1.82, 2.24) is 9.88 Å². The number of halogens is 3. The van der Waals surface area contributed by atoms with Gasteiger partial charge in [0, 0.05) is 24.5 Å². The molecule has 0 atom stereocenters. The zero-order chi connectivity index (χ0) is 23.6. The van der Waals surface area contributed by atoms with E-state index in [0.29, 0.717) is 5.56 Å². The fraction of sp³-hybridized carbons (Fsp3) is 0.450. The van der Waals surface area contributed by atoms with Gasteiger partial charge in [0.15, 0.2) is 5.75 Å². The number of nitrogens with zero attached hydrogens (tertiary/aromatic N) is 2. The molecule has 0 fully saturated rings. The first-order valence-corrected chi connectivity index (χ1v) is 9.15. The summed E-state index contributed by atoms with van der Waals surface area (Å²) in [7, 11) is 1.14. The maximum absolute atomic E-state index is 13.0. The summed E-state index contributed by atoms with van der Waals surface area (Å²) in [5.41, 5.74) is -0.580. The maximum Gasteiger partial charge on any atom is 0.573 e. The van der Waals surface area contributed by atoms with Crippen molar-refractivity contribution in [1.29, 1.82) is 5.26 Å². The number of aromatic nitrogens is 1. The molecule has 0 saturated heterocycles. The fourth-order valence-electron chi connectivity index (χ4n) is 3.05. The molecule has 0 spiro atoms. The predicted octanol–water partition coefficient (Wildman–Crippen LogP) is 4.03. The molecule has 1 heterocycles. The summed E-state index contributed by atoms with van der Waals surface area (Å²) in [6.07, 6.45) is -5.75. The number of methoxy groups -OCH3 is 1. The van der Waals surface area contributed by atoms with E-state index in [2.05, 4.69) is 10.1 Å². The summed E-state index contributed by atoms with van der Waals surface area (Å²) in [6, 6.07) is 4.08. The van der Waals surface area contributed by atoms with Crippen molar-refractivity contribution in [3.05, 3.63) is 29.0 Å². The summed E-state index contributed by atoms with van der Waals surface area (Å²) in [6.45, 7) is 6.40. The first-order chi connectivity index (χ1) is 14.3. The number of carbonyl (C=O) groups is 2. The van der Waals surface area contributed by atoms with Gasteiger partial charge in [0.25, 0.3) is 0 Å². The Labute approximate surface area is 176 Å². The van der Waals surface area contributed by atoms with Gasteiger partial charge in [0.1, 0.15) is 11.3 Å². The normalized spacial score (nSPS) is 11.7. The Hall–Kier alpha value is -3.42. The van der Waals surface area contributed by atoms with Gasteiger partial charge in [0.05, 0.1) is 24.3 Å². The number of fused-ring (bicyclic) bond motifs is 1. The molecule has 0 bridgehead atoms. The number of nitriles is 1. The molecule has 1 aromatic carbocycles. The van der Waals surface area contributed by atoms with Gasteiger partial charge in [-0.05, 0) is 39.3 Å². The van der Waals surface area contributed by atoms with Gasteiger partial charge in [-0.15, -0.1) is 13.2 Å². The second kappa shape index (κ2) is 8.75. The molecule has 0 aliphatic rings. The van der Waals surface area contributed by atoms with Crippen molar-refractivity contribution in [3.8, 4) is 11.8 Å². The third kappa shape index (κ3) is 5.81. The number of benzene rings is 1. The average molecular weight is 441 g/mol. The quantitative estimate of drug-likeness (QED) is 0.703. The number of alkyl halides is 3. The molecule has 11 heteroatoms. The number of ether oxygens (including phenoxy) is 3. The van der Waals surface area contributed by atoms with Gasteiger partial charge in [0.2, 0.25) is 0 Å². The molecule has 0 unspecified atom stereocenters. The van der Waals surface area contributed by atoms with E-state index in [1.807, 2.05) is 0 Å². The Kier molecular flexibility index (Phi) is 6.73. The molecule has 1 amide bonds. The lowest BCUT2D eigenvalue weighted by atomic mass is 10.1. The molecule has 0 radical (unpaired) electrons. The van der Waals surface area contributed by atoms with Gasteiger partial charge < -0.3 is 24.1 Å². The topological polar surface area (TPSA) is 103 Å². The number of hydrogen-bond donors (Lipinski definition) is 1. The van der Waals surface area contributed by atoms with Crippen molar-refractivity contribution in [2.24, 2.45) is 0 Å². The van der Waals surface area contributed by atoms with Crippen LogP contribution in [0.25, 0.3) is 10.9 Å². The van der Waals surface area contributed by atoms with E-state index < -0.39 is 29.8 Å². The lowest BCUT2D eigenvalue weighted by molar-refractivity contribution is -0.274. The molecule has 168 valence electrons. The van der Waals surface area contributed by atoms with Crippen LogP contribution in [0.15, 0.2) is 12.1 Å². The number of rotatable bonds is 5. The van der Waals surface area contributed by atoms with E-state index in [1.54, 1.807) is 26.8 Å². The highest BCUT2D eigenvalue weighted by Gasteiger charge is 2.34. The number of nitrogens with one attached hydrogen (secondary N) is 1. The van der Waals surface area contributed by atoms with Gasteiger partial charge >= 0.3 is 18.4 Å². The lowest BCUT2D eigenvalue weighted by Crippen LogP contribution is -2.34. The van der Waals surface area contributed by atoms with Crippen LogP contribution in [0, 0.1) is 18.3 Å². The van der Waals surface area contributed by atoms with Crippen LogP contribution in [0.5, 0.6) is 5.75 Å². The Morgan fingerprint density at radius 3 is 2.39 bits per heavy atom. The Morgan fingerprint density at radius 1 is 1.23 bits per heavy atom. The largest absolute Gasteiger partial charge is 0.573 e. The third-order valence-electron chi connectivity index (χ3n) is 4.11. The van der Waals surface area contributed by atoms with E-state index in [1.165, 1.54) is 17.6 Å². The number of aryl methyl sites for hydroxylation is 1. The van der Waals surface area contributed by atoms with Crippen molar-refractivity contribution in [2.75, 3.05) is 13.7 Å². The summed E-state index contributed by atoms with van der Waals surface area (Å²) < 4.78 is 54.3. The molecule has 0 saturated carbocycles. The molecule has 1 aromatic heterocycles. The van der Waals surface area contributed by atoms with Crippen molar-refractivity contribution < 1.29 is 37.0 Å². The van der Waals surface area contributed by atoms with E-state index >= 15 is 0 Å². The zero-order valence-electron chi connectivity index (χ0n) is 17.6. The summed E-state index contributed by atoms with van der Waals surface area (Å²) in [5, 5.41) is 11.9. The number of carbonyl (C=O) groups excluding carboxylic acids is 2. The molecule has 31 heavy (non-hydrogen) atoms. The SMILES string of the molecule is COC(=O)c1c(C)c2cc(C#N)cc(OC(F)(F)F)c2n1CCNC(=O)OC(C)(C)C. The van der Waals surface area contributed by atoms with Crippen LogP contribution in [-0.4, -0.2) is 42.2 Å². The monoisotopic (exact) mass is 441 g/mol. The van der Waals surface area contributed by atoms with Crippen molar-refractivity contribution in [2.45, 2.75) is 46.2 Å². The zero-order valence-corrected chi connectivity index (χ0v) is 17.6. The van der Waals surface area contributed by atoms with Gasteiger partial charge in [-0.2, -0.15) is 5.26 Å². The molecule has 2 aromatic rings. The van der Waals surface area contributed by atoms with Crippen LogP contribution in [0.3, 0.4) is 0 Å². The molecule has 0 aliphatic carbocycles. The van der Waals surface area contributed by atoms with Crippen molar-refractivity contribution in [3.63, 3.8) is 0 Å². The van der Waals surface area contributed by atoms with Crippen LogP contribution in [0.2, 0.25) is 0 Å².